The molecule has 0 unspecified atom stereocenters. The summed E-state index contributed by atoms with van der Waals surface area (Å²) < 4.78 is 34.1. The number of benzene rings is 3. The highest BCUT2D eigenvalue weighted by molar-refractivity contribution is 5.98. The minimum atomic E-state index is -2.93. The Morgan fingerprint density at radius 3 is 2.50 bits per heavy atom. The zero-order valence-corrected chi connectivity index (χ0v) is 14.0. The van der Waals surface area contributed by atoms with E-state index in [0.717, 1.165) is 10.8 Å². The largest absolute Gasteiger partial charge is 0.493 e. The van der Waals surface area contributed by atoms with E-state index in [1.807, 2.05) is 36.4 Å². The Bertz CT molecular complexity index is 928. The van der Waals surface area contributed by atoms with Gasteiger partial charge in [-0.05, 0) is 40.6 Å². The number of carbonyl (C=O) groups is 1. The van der Waals surface area contributed by atoms with Crippen LogP contribution in [-0.2, 0) is 6.54 Å². The first-order valence-corrected chi connectivity index (χ1v) is 7.95. The van der Waals surface area contributed by atoms with Crippen LogP contribution < -0.4 is 14.8 Å². The minimum Gasteiger partial charge on any atom is -0.493 e. The van der Waals surface area contributed by atoms with Gasteiger partial charge in [-0.1, -0.05) is 36.4 Å². The minimum absolute atomic E-state index is 0.0490. The first-order valence-electron chi connectivity index (χ1n) is 7.95. The fourth-order valence-electron chi connectivity index (χ4n) is 2.63. The Labute approximate surface area is 149 Å². The van der Waals surface area contributed by atoms with Gasteiger partial charge in [0.25, 0.3) is 5.91 Å². The SMILES string of the molecule is COc1cc(CNC(=O)c2ccc3ccccc3c2)ccc1OC(F)F. The smallest absolute Gasteiger partial charge is 0.387 e. The van der Waals surface area contributed by atoms with Crippen LogP contribution in [0.5, 0.6) is 11.5 Å². The Hall–Kier alpha value is -3.15. The van der Waals surface area contributed by atoms with Crippen LogP contribution in [-0.4, -0.2) is 19.6 Å². The molecule has 26 heavy (non-hydrogen) atoms. The molecule has 0 atom stereocenters. The highest BCUT2D eigenvalue weighted by Crippen LogP contribution is 2.29. The number of nitrogens with one attached hydrogen (secondary N) is 1. The van der Waals surface area contributed by atoms with Gasteiger partial charge in [0.2, 0.25) is 0 Å². The molecule has 134 valence electrons. The van der Waals surface area contributed by atoms with Crippen molar-refractivity contribution in [3.63, 3.8) is 0 Å². The molecule has 1 amide bonds. The number of halogens is 2. The molecule has 0 bridgehead atoms. The number of rotatable bonds is 6. The molecule has 0 heterocycles. The first-order chi connectivity index (χ1) is 12.6. The molecular formula is C20H17F2NO3. The van der Waals surface area contributed by atoms with Crippen LogP contribution >= 0.6 is 0 Å². The quantitative estimate of drug-likeness (QED) is 0.712. The lowest BCUT2D eigenvalue weighted by Crippen LogP contribution is -2.22. The van der Waals surface area contributed by atoms with E-state index in [2.05, 4.69) is 10.1 Å². The van der Waals surface area contributed by atoms with Crippen LogP contribution in [0.2, 0.25) is 0 Å². The zero-order valence-electron chi connectivity index (χ0n) is 14.0. The normalized spacial score (nSPS) is 10.8. The number of alkyl halides is 2. The average Bonchev–Trinajstić information content (AvgIpc) is 2.66. The summed E-state index contributed by atoms with van der Waals surface area (Å²) in [5.74, 6) is -0.0857. The number of hydrogen-bond acceptors (Lipinski definition) is 3. The van der Waals surface area contributed by atoms with E-state index >= 15 is 0 Å². The van der Waals surface area contributed by atoms with E-state index in [1.54, 1.807) is 18.2 Å². The lowest BCUT2D eigenvalue weighted by molar-refractivity contribution is -0.0512. The molecule has 3 aromatic rings. The van der Waals surface area contributed by atoms with Gasteiger partial charge in [0.1, 0.15) is 0 Å². The molecule has 0 aliphatic carbocycles. The van der Waals surface area contributed by atoms with Crippen molar-refractivity contribution in [2.24, 2.45) is 0 Å². The van der Waals surface area contributed by atoms with Crippen molar-refractivity contribution in [3.8, 4) is 11.5 Å². The van der Waals surface area contributed by atoms with E-state index in [9.17, 15) is 13.6 Å². The van der Waals surface area contributed by atoms with Gasteiger partial charge in [-0.3, -0.25) is 4.79 Å². The van der Waals surface area contributed by atoms with Crippen LogP contribution in [0.1, 0.15) is 15.9 Å². The molecule has 6 heteroatoms. The molecule has 3 rings (SSSR count). The molecule has 3 aromatic carbocycles. The van der Waals surface area contributed by atoms with Gasteiger partial charge >= 0.3 is 6.61 Å². The van der Waals surface area contributed by atoms with Crippen LogP contribution in [0.25, 0.3) is 10.8 Å². The van der Waals surface area contributed by atoms with Crippen molar-refractivity contribution in [1.82, 2.24) is 5.32 Å². The molecule has 0 aliphatic heterocycles. The van der Waals surface area contributed by atoms with Crippen LogP contribution in [0, 0.1) is 0 Å². The van der Waals surface area contributed by atoms with Gasteiger partial charge < -0.3 is 14.8 Å². The Morgan fingerprint density at radius 1 is 1.00 bits per heavy atom. The number of hydrogen-bond donors (Lipinski definition) is 1. The van der Waals surface area contributed by atoms with Gasteiger partial charge in [0, 0.05) is 12.1 Å². The van der Waals surface area contributed by atoms with Crippen LogP contribution in [0.4, 0.5) is 8.78 Å². The Kier molecular flexibility index (Phi) is 5.31. The molecule has 0 fully saturated rings. The van der Waals surface area contributed by atoms with Crippen molar-refractivity contribution < 1.29 is 23.0 Å². The summed E-state index contributed by atoms with van der Waals surface area (Å²) >= 11 is 0. The maximum absolute atomic E-state index is 12.4. The molecule has 0 saturated carbocycles. The van der Waals surface area contributed by atoms with Crippen molar-refractivity contribution in [2.75, 3.05) is 7.11 Å². The third-order valence-corrected chi connectivity index (χ3v) is 3.91. The zero-order chi connectivity index (χ0) is 18.5. The molecule has 0 spiro atoms. The number of methoxy groups -OCH3 is 1. The Balaban J connectivity index is 1.70. The summed E-state index contributed by atoms with van der Waals surface area (Å²) in [4.78, 5) is 12.4. The number of amides is 1. The lowest BCUT2D eigenvalue weighted by Gasteiger charge is -2.12. The van der Waals surface area contributed by atoms with Crippen LogP contribution in [0.3, 0.4) is 0 Å². The van der Waals surface area contributed by atoms with E-state index in [4.69, 9.17) is 4.74 Å². The van der Waals surface area contributed by atoms with Gasteiger partial charge in [-0.15, -0.1) is 0 Å². The second-order valence-electron chi connectivity index (χ2n) is 5.61. The van der Waals surface area contributed by atoms with Crippen molar-refractivity contribution in [1.29, 1.82) is 0 Å². The monoisotopic (exact) mass is 357 g/mol. The summed E-state index contributed by atoms with van der Waals surface area (Å²) in [7, 11) is 1.37. The topological polar surface area (TPSA) is 47.6 Å². The summed E-state index contributed by atoms with van der Waals surface area (Å²) in [5.41, 5.74) is 1.26. The molecule has 0 aliphatic rings. The summed E-state index contributed by atoms with van der Waals surface area (Å²) in [6, 6.07) is 17.8. The van der Waals surface area contributed by atoms with Gasteiger partial charge in [-0.2, -0.15) is 8.78 Å². The lowest BCUT2D eigenvalue weighted by atomic mass is 10.1. The predicted octanol–water partition coefficient (Wildman–Crippen LogP) is 4.38. The Morgan fingerprint density at radius 2 is 1.77 bits per heavy atom. The van der Waals surface area contributed by atoms with Crippen molar-refractivity contribution >= 4 is 16.7 Å². The fourth-order valence-corrected chi connectivity index (χ4v) is 2.63. The molecule has 4 nitrogen and oxygen atoms in total. The summed E-state index contributed by atoms with van der Waals surface area (Å²) in [5, 5.41) is 4.85. The third-order valence-electron chi connectivity index (χ3n) is 3.91. The first kappa shape index (κ1) is 17.7. The highest BCUT2D eigenvalue weighted by Gasteiger charge is 2.12. The van der Waals surface area contributed by atoms with E-state index < -0.39 is 6.61 Å². The fraction of sp³-hybridized carbons (Fsp3) is 0.150. The predicted molar refractivity (Wildman–Crippen MR) is 94.7 cm³/mol. The van der Waals surface area contributed by atoms with E-state index in [1.165, 1.54) is 13.2 Å². The number of ether oxygens (including phenoxy) is 2. The van der Waals surface area contributed by atoms with E-state index in [0.29, 0.717) is 11.1 Å². The molecule has 1 N–H and O–H groups in total. The van der Waals surface area contributed by atoms with Crippen molar-refractivity contribution in [3.05, 3.63) is 71.8 Å². The van der Waals surface area contributed by atoms with Crippen molar-refractivity contribution in [2.45, 2.75) is 13.2 Å². The summed E-state index contributed by atoms with van der Waals surface area (Å²) in [6.45, 7) is -2.70. The maximum atomic E-state index is 12.4. The van der Waals surface area contributed by atoms with E-state index in [-0.39, 0.29) is 24.0 Å². The standard InChI is InChI=1S/C20H17F2NO3/c1-25-18-10-13(6-9-17(18)26-20(21)22)12-23-19(24)16-8-7-14-4-2-3-5-15(14)11-16/h2-11,20H,12H2,1H3,(H,23,24). The summed E-state index contributed by atoms with van der Waals surface area (Å²) in [6.07, 6.45) is 0. The highest BCUT2D eigenvalue weighted by atomic mass is 19.3. The second kappa shape index (κ2) is 7.82. The third kappa shape index (κ3) is 4.08. The van der Waals surface area contributed by atoms with Gasteiger partial charge in [0.05, 0.1) is 7.11 Å². The number of carbonyl (C=O) groups excluding carboxylic acids is 1. The van der Waals surface area contributed by atoms with Crippen LogP contribution in [0.15, 0.2) is 60.7 Å². The second-order valence-corrected chi connectivity index (χ2v) is 5.61. The molecule has 0 aromatic heterocycles. The van der Waals surface area contributed by atoms with Gasteiger partial charge in [0.15, 0.2) is 11.5 Å². The number of fused-ring (bicyclic) bond motifs is 1. The molecule has 0 saturated heterocycles. The molecular weight excluding hydrogens is 340 g/mol. The van der Waals surface area contributed by atoms with Gasteiger partial charge in [-0.25, -0.2) is 0 Å². The maximum Gasteiger partial charge on any atom is 0.387 e. The average molecular weight is 357 g/mol. The molecule has 0 radical (unpaired) electrons.